The van der Waals surface area contributed by atoms with Crippen LogP contribution in [0.5, 0.6) is 0 Å². The van der Waals surface area contributed by atoms with Crippen LogP contribution in [0.2, 0.25) is 0 Å². The van der Waals surface area contributed by atoms with Gasteiger partial charge in [-0.1, -0.05) is 59.3 Å². The highest BCUT2D eigenvalue weighted by atomic mass is 16.9. The maximum atomic E-state index is 6.25. The fourth-order valence-electron chi connectivity index (χ4n) is 4.13. The van der Waals surface area contributed by atoms with Crippen molar-refractivity contribution in [2.24, 2.45) is 5.41 Å². The Morgan fingerprint density at radius 2 is 1.15 bits per heavy atom. The third-order valence-corrected chi connectivity index (χ3v) is 5.60. The van der Waals surface area contributed by atoms with E-state index in [1.807, 2.05) is 20.8 Å². The first-order valence-corrected chi connectivity index (χ1v) is 11.7. The van der Waals surface area contributed by atoms with Gasteiger partial charge in [0.15, 0.2) is 0 Å². The summed E-state index contributed by atoms with van der Waals surface area (Å²) in [6.07, 6.45) is 12.1. The SMILES string of the molecule is CCCCCCCCC(CC)(CCCNCC)C(OCC)(OCC)OCC. The van der Waals surface area contributed by atoms with Crippen LogP contribution in [-0.4, -0.2) is 38.9 Å². The largest absolute Gasteiger partial charge is 0.327 e. The average Bonchev–Trinajstić information content (AvgIpc) is 2.67. The topological polar surface area (TPSA) is 39.7 Å². The molecule has 0 aromatic heterocycles. The molecule has 4 nitrogen and oxygen atoms in total. The van der Waals surface area contributed by atoms with E-state index in [2.05, 4.69) is 26.1 Å². The molecule has 0 fully saturated rings. The van der Waals surface area contributed by atoms with Gasteiger partial charge in [0.2, 0.25) is 0 Å². The van der Waals surface area contributed by atoms with Crippen LogP contribution in [0.1, 0.15) is 106 Å². The fraction of sp³-hybridized carbons (Fsp3) is 1.00. The molecule has 27 heavy (non-hydrogen) atoms. The van der Waals surface area contributed by atoms with Gasteiger partial charge in [-0.05, 0) is 59.5 Å². The summed E-state index contributed by atoms with van der Waals surface area (Å²) < 4.78 is 18.8. The number of unbranched alkanes of at least 4 members (excludes halogenated alkanes) is 5. The monoisotopic (exact) mass is 387 g/mol. The van der Waals surface area contributed by atoms with Gasteiger partial charge in [-0.15, -0.1) is 0 Å². The Morgan fingerprint density at radius 3 is 1.63 bits per heavy atom. The predicted octanol–water partition coefficient (Wildman–Crippen LogP) is 6.29. The van der Waals surface area contributed by atoms with E-state index in [0.717, 1.165) is 38.8 Å². The van der Waals surface area contributed by atoms with Gasteiger partial charge in [0.05, 0.1) is 5.41 Å². The molecule has 0 heterocycles. The van der Waals surface area contributed by atoms with Crippen molar-refractivity contribution in [2.45, 2.75) is 112 Å². The quantitative estimate of drug-likeness (QED) is 0.197. The lowest BCUT2D eigenvalue weighted by molar-refractivity contribution is -0.431. The molecule has 0 spiro atoms. The Bertz CT molecular complexity index is 308. The number of rotatable bonds is 20. The van der Waals surface area contributed by atoms with Gasteiger partial charge in [0, 0.05) is 19.8 Å². The molecule has 0 aliphatic heterocycles. The van der Waals surface area contributed by atoms with Gasteiger partial charge in [-0.25, -0.2) is 0 Å². The molecule has 0 aliphatic rings. The summed E-state index contributed by atoms with van der Waals surface area (Å²) in [5, 5.41) is 3.46. The molecule has 0 aliphatic carbocycles. The molecule has 1 N–H and O–H groups in total. The highest BCUT2D eigenvalue weighted by molar-refractivity contribution is 4.89. The van der Waals surface area contributed by atoms with Crippen molar-refractivity contribution in [3.8, 4) is 0 Å². The Hall–Kier alpha value is -0.160. The van der Waals surface area contributed by atoms with Gasteiger partial charge >= 0.3 is 0 Å². The summed E-state index contributed by atoms with van der Waals surface area (Å²) in [4.78, 5) is 0. The third-order valence-electron chi connectivity index (χ3n) is 5.60. The van der Waals surface area contributed by atoms with Crippen molar-refractivity contribution >= 4 is 0 Å². The summed E-state index contributed by atoms with van der Waals surface area (Å²) in [6.45, 7) is 16.7. The van der Waals surface area contributed by atoms with Gasteiger partial charge in [0.25, 0.3) is 5.97 Å². The van der Waals surface area contributed by atoms with E-state index in [-0.39, 0.29) is 5.41 Å². The lowest BCUT2D eigenvalue weighted by Gasteiger charge is -2.48. The molecular weight excluding hydrogens is 338 g/mol. The molecule has 1 unspecified atom stereocenters. The van der Waals surface area contributed by atoms with Gasteiger partial charge in [-0.3, -0.25) is 0 Å². The van der Waals surface area contributed by atoms with E-state index in [9.17, 15) is 0 Å². The van der Waals surface area contributed by atoms with Crippen LogP contribution in [0.4, 0.5) is 0 Å². The van der Waals surface area contributed by atoms with Crippen molar-refractivity contribution in [1.29, 1.82) is 0 Å². The summed E-state index contributed by atoms with van der Waals surface area (Å²) in [5.41, 5.74) is -0.102. The highest BCUT2D eigenvalue weighted by Gasteiger charge is 2.53. The van der Waals surface area contributed by atoms with Gasteiger partial charge in [0.1, 0.15) is 0 Å². The number of hydrogen-bond acceptors (Lipinski definition) is 4. The molecule has 164 valence electrons. The fourth-order valence-corrected chi connectivity index (χ4v) is 4.13. The molecule has 0 rings (SSSR count). The standard InChI is InChI=1S/C23H49NO3/c1-7-13-14-15-16-17-19-22(8-2,20-18-21-24-9-3)23(25-10-4,26-11-5)27-12-6/h24H,7-21H2,1-6H3. The summed E-state index contributed by atoms with van der Waals surface area (Å²) >= 11 is 0. The zero-order chi connectivity index (χ0) is 20.4. The van der Waals surface area contributed by atoms with Crippen LogP contribution in [-0.2, 0) is 14.2 Å². The molecule has 4 heteroatoms. The number of nitrogens with one attached hydrogen (secondary N) is 1. The van der Waals surface area contributed by atoms with E-state index in [1.54, 1.807) is 0 Å². The minimum Gasteiger partial charge on any atom is -0.327 e. The van der Waals surface area contributed by atoms with Gasteiger partial charge < -0.3 is 19.5 Å². The van der Waals surface area contributed by atoms with Crippen molar-refractivity contribution in [2.75, 3.05) is 32.9 Å². The minimum absolute atomic E-state index is 0.102. The van der Waals surface area contributed by atoms with Crippen LogP contribution in [0, 0.1) is 5.41 Å². The van der Waals surface area contributed by atoms with Crippen LogP contribution in [0.3, 0.4) is 0 Å². The maximum absolute atomic E-state index is 6.25. The zero-order valence-corrected chi connectivity index (χ0v) is 19.3. The Labute approximate surface area is 170 Å². The second-order valence-corrected chi connectivity index (χ2v) is 7.46. The molecule has 0 aromatic carbocycles. The molecule has 0 aromatic rings. The van der Waals surface area contributed by atoms with Crippen LogP contribution in [0.25, 0.3) is 0 Å². The number of hydrogen-bond donors (Lipinski definition) is 1. The lowest BCUT2D eigenvalue weighted by Crippen LogP contribution is -2.55. The molecule has 0 radical (unpaired) electrons. The number of ether oxygens (including phenoxy) is 3. The molecular formula is C23H49NO3. The van der Waals surface area contributed by atoms with Crippen LogP contribution in [0.15, 0.2) is 0 Å². The van der Waals surface area contributed by atoms with E-state index in [4.69, 9.17) is 14.2 Å². The van der Waals surface area contributed by atoms with E-state index in [0.29, 0.717) is 19.8 Å². The first-order chi connectivity index (χ1) is 13.1. The zero-order valence-electron chi connectivity index (χ0n) is 19.3. The normalized spacial score (nSPS) is 14.4. The lowest BCUT2D eigenvalue weighted by atomic mass is 9.73. The predicted molar refractivity (Wildman–Crippen MR) is 116 cm³/mol. The van der Waals surface area contributed by atoms with Crippen molar-refractivity contribution in [3.05, 3.63) is 0 Å². The second-order valence-electron chi connectivity index (χ2n) is 7.46. The van der Waals surface area contributed by atoms with Crippen molar-refractivity contribution in [1.82, 2.24) is 5.32 Å². The summed E-state index contributed by atoms with van der Waals surface area (Å²) in [6, 6.07) is 0. The van der Waals surface area contributed by atoms with Crippen LogP contribution < -0.4 is 5.32 Å². The van der Waals surface area contributed by atoms with Crippen molar-refractivity contribution in [3.63, 3.8) is 0 Å². The molecule has 0 bridgehead atoms. The van der Waals surface area contributed by atoms with E-state index >= 15 is 0 Å². The van der Waals surface area contributed by atoms with Crippen LogP contribution >= 0.6 is 0 Å². The van der Waals surface area contributed by atoms with Crippen molar-refractivity contribution < 1.29 is 14.2 Å². The van der Waals surface area contributed by atoms with Gasteiger partial charge in [-0.2, -0.15) is 0 Å². The Morgan fingerprint density at radius 1 is 0.630 bits per heavy atom. The molecule has 1 atom stereocenters. The second kappa shape index (κ2) is 16.8. The molecule has 0 amide bonds. The first kappa shape index (κ1) is 26.8. The smallest absolute Gasteiger partial charge is 0.288 e. The maximum Gasteiger partial charge on any atom is 0.288 e. The third kappa shape index (κ3) is 9.25. The minimum atomic E-state index is -0.921. The molecule has 0 saturated heterocycles. The van der Waals surface area contributed by atoms with E-state index < -0.39 is 5.97 Å². The first-order valence-electron chi connectivity index (χ1n) is 11.7. The Balaban J connectivity index is 5.31. The summed E-state index contributed by atoms with van der Waals surface area (Å²) in [7, 11) is 0. The highest BCUT2D eigenvalue weighted by Crippen LogP contribution is 2.48. The molecule has 0 saturated carbocycles. The summed E-state index contributed by atoms with van der Waals surface area (Å²) in [5.74, 6) is -0.921. The average molecular weight is 388 g/mol. The van der Waals surface area contributed by atoms with E-state index in [1.165, 1.54) is 38.5 Å². The Kier molecular flexibility index (Phi) is 16.7.